The molecule has 2 aromatic heterocycles. The highest BCUT2D eigenvalue weighted by Gasteiger charge is 2.22. The normalized spacial score (nSPS) is 13.9. The molecule has 0 atom stereocenters. The number of carbonyl (C=O) groups is 2. The monoisotopic (exact) mass is 489 g/mol. The molecule has 0 unspecified atom stereocenters. The third-order valence-corrected chi connectivity index (χ3v) is 6.58. The maximum absolute atomic E-state index is 12.9. The number of fused-ring (bicyclic) bond motifs is 1. The van der Waals surface area contributed by atoms with E-state index < -0.39 is 8.07 Å². The fourth-order valence-electron chi connectivity index (χ4n) is 3.90. The van der Waals surface area contributed by atoms with Crippen LogP contribution in [0.15, 0.2) is 41.1 Å². The number of aryl methyl sites for hydroxylation is 1. The number of aromatic nitrogens is 3. The zero-order valence-electron chi connectivity index (χ0n) is 21.0. The molecule has 1 aliphatic rings. The zero-order valence-corrected chi connectivity index (χ0v) is 22.0. The van der Waals surface area contributed by atoms with Crippen LogP contribution in [0.25, 0.3) is 16.5 Å². The van der Waals surface area contributed by atoms with Crippen LogP contribution in [0.3, 0.4) is 0 Å². The smallest absolute Gasteiger partial charge is 0.289 e. The molecule has 0 saturated carbocycles. The quantitative estimate of drug-likeness (QED) is 0.403. The molecule has 0 radical (unpaired) electrons. The van der Waals surface area contributed by atoms with Crippen molar-refractivity contribution in [3.8, 4) is 11.5 Å². The second kappa shape index (κ2) is 9.92. The minimum Gasteiger partial charge on any atom is -0.450 e. The van der Waals surface area contributed by atoms with E-state index in [-0.39, 0.29) is 11.8 Å². The van der Waals surface area contributed by atoms with Gasteiger partial charge in [-0.05, 0) is 35.8 Å². The van der Waals surface area contributed by atoms with Gasteiger partial charge in [0.2, 0.25) is 5.91 Å². The second-order valence-corrected chi connectivity index (χ2v) is 14.8. The summed E-state index contributed by atoms with van der Waals surface area (Å²) >= 11 is 0. The molecule has 3 aromatic rings. The van der Waals surface area contributed by atoms with Crippen molar-refractivity contribution >= 4 is 36.4 Å². The summed E-state index contributed by atoms with van der Waals surface area (Å²) in [5.41, 5.74) is 6.88. The van der Waals surface area contributed by atoms with Gasteiger partial charge in [0.15, 0.2) is 11.3 Å². The first-order valence-electron chi connectivity index (χ1n) is 11.7. The van der Waals surface area contributed by atoms with Crippen molar-refractivity contribution in [3.05, 3.63) is 53.6 Å². The summed E-state index contributed by atoms with van der Waals surface area (Å²) in [5, 5.41) is 8.56. The van der Waals surface area contributed by atoms with Crippen LogP contribution in [0, 0.1) is 11.5 Å². The van der Waals surface area contributed by atoms with E-state index >= 15 is 0 Å². The van der Waals surface area contributed by atoms with Crippen molar-refractivity contribution in [1.29, 1.82) is 0 Å². The molecule has 1 aromatic carbocycles. The maximum atomic E-state index is 12.9. The third kappa shape index (κ3) is 5.89. The molecular formula is C26H31N5O3Si. The van der Waals surface area contributed by atoms with Crippen molar-refractivity contribution in [2.45, 2.75) is 39.0 Å². The molecule has 0 spiro atoms. The van der Waals surface area contributed by atoms with E-state index in [2.05, 4.69) is 47.5 Å². The number of rotatable bonds is 5. The molecule has 1 aliphatic heterocycles. The summed E-state index contributed by atoms with van der Waals surface area (Å²) in [6, 6.07) is 5.84. The van der Waals surface area contributed by atoms with Gasteiger partial charge in [0.05, 0.1) is 18.3 Å². The Kier molecular flexibility index (Phi) is 6.94. The van der Waals surface area contributed by atoms with Gasteiger partial charge in [0, 0.05) is 45.2 Å². The van der Waals surface area contributed by atoms with Gasteiger partial charge >= 0.3 is 0 Å². The summed E-state index contributed by atoms with van der Waals surface area (Å²) < 4.78 is 7.65. The average Bonchev–Trinajstić information content (AvgIpc) is 3.49. The highest BCUT2D eigenvalue weighted by molar-refractivity contribution is 6.83. The van der Waals surface area contributed by atoms with Crippen LogP contribution in [-0.2, 0) is 11.3 Å². The molecule has 35 heavy (non-hydrogen) atoms. The van der Waals surface area contributed by atoms with E-state index in [0.717, 1.165) is 28.5 Å². The molecule has 3 heterocycles. The van der Waals surface area contributed by atoms with Crippen molar-refractivity contribution in [2.75, 3.05) is 27.2 Å². The molecule has 4 rings (SSSR count). The van der Waals surface area contributed by atoms with Gasteiger partial charge in [-0.1, -0.05) is 36.9 Å². The molecule has 0 bridgehead atoms. The first-order chi connectivity index (χ1) is 16.6. The fraction of sp³-hybridized carbons (Fsp3) is 0.385. The first kappa shape index (κ1) is 24.5. The van der Waals surface area contributed by atoms with Crippen LogP contribution in [0.1, 0.15) is 34.5 Å². The van der Waals surface area contributed by atoms with E-state index in [1.165, 1.54) is 4.90 Å². The topological polar surface area (TPSA) is 84.5 Å². The maximum Gasteiger partial charge on any atom is 0.289 e. The van der Waals surface area contributed by atoms with E-state index in [1.54, 1.807) is 37.2 Å². The lowest BCUT2D eigenvalue weighted by Gasteiger charge is -2.28. The SMILES string of the molecule is CN(C)C(=O)c1cc2cc(C3=CCCN(C(=O)CCn4ccnn4)C3)cc(C#C[Si](C)(C)C)c2o1. The van der Waals surface area contributed by atoms with Crippen molar-refractivity contribution in [3.63, 3.8) is 0 Å². The van der Waals surface area contributed by atoms with Crippen LogP contribution < -0.4 is 0 Å². The lowest BCUT2D eigenvalue weighted by Crippen LogP contribution is -2.36. The van der Waals surface area contributed by atoms with Gasteiger partial charge in [-0.2, -0.15) is 0 Å². The summed E-state index contributed by atoms with van der Waals surface area (Å²) in [6.45, 7) is 8.31. The number of amides is 2. The molecule has 9 heteroatoms. The lowest BCUT2D eigenvalue weighted by atomic mass is 9.97. The Hall–Kier alpha value is -3.64. The molecule has 0 aliphatic carbocycles. The standard InChI is InChI=1S/C26H31N5O3Si/c1-29(2)26(33)23-17-22-16-21(15-19(25(22)34-23)9-14-35(3,4)5)20-7-6-11-30(18-20)24(32)8-12-31-13-10-27-28-31/h7,10,13,15-17H,6,8,11-12,18H2,1-5H3. The predicted octanol–water partition coefficient (Wildman–Crippen LogP) is 3.66. The van der Waals surface area contributed by atoms with Crippen molar-refractivity contribution in [1.82, 2.24) is 24.8 Å². The van der Waals surface area contributed by atoms with Gasteiger partial charge in [-0.3, -0.25) is 14.3 Å². The Morgan fingerprint density at radius 1 is 1.20 bits per heavy atom. The summed E-state index contributed by atoms with van der Waals surface area (Å²) in [6.07, 6.45) is 6.71. The van der Waals surface area contributed by atoms with Gasteiger partial charge in [-0.15, -0.1) is 10.6 Å². The van der Waals surface area contributed by atoms with E-state index in [9.17, 15) is 9.59 Å². The summed E-state index contributed by atoms with van der Waals surface area (Å²) in [5.74, 6) is 3.52. The van der Waals surface area contributed by atoms with E-state index in [4.69, 9.17) is 4.42 Å². The van der Waals surface area contributed by atoms with Gasteiger partial charge in [-0.25, -0.2) is 0 Å². The molecule has 182 valence electrons. The predicted molar refractivity (Wildman–Crippen MR) is 138 cm³/mol. The summed E-state index contributed by atoms with van der Waals surface area (Å²) in [4.78, 5) is 28.8. The Morgan fingerprint density at radius 3 is 2.69 bits per heavy atom. The number of furan rings is 1. The first-order valence-corrected chi connectivity index (χ1v) is 15.2. The molecule has 0 fully saturated rings. The van der Waals surface area contributed by atoms with Gasteiger partial charge in [0.25, 0.3) is 5.91 Å². The Labute approximate surface area is 206 Å². The van der Waals surface area contributed by atoms with Gasteiger partial charge < -0.3 is 14.2 Å². The highest BCUT2D eigenvalue weighted by Crippen LogP contribution is 2.30. The van der Waals surface area contributed by atoms with Crippen molar-refractivity contribution < 1.29 is 14.0 Å². The molecular weight excluding hydrogens is 458 g/mol. The Morgan fingerprint density at radius 2 is 2.00 bits per heavy atom. The fourth-order valence-corrected chi connectivity index (χ4v) is 4.41. The zero-order chi connectivity index (χ0) is 25.2. The summed E-state index contributed by atoms with van der Waals surface area (Å²) in [7, 11) is 1.77. The molecule has 0 saturated heterocycles. The minimum absolute atomic E-state index is 0.0908. The average molecular weight is 490 g/mol. The van der Waals surface area contributed by atoms with Crippen LogP contribution in [0.4, 0.5) is 0 Å². The Balaban J connectivity index is 1.64. The van der Waals surface area contributed by atoms with Gasteiger partial charge in [0.1, 0.15) is 8.07 Å². The van der Waals surface area contributed by atoms with Crippen LogP contribution in [0.5, 0.6) is 0 Å². The number of hydrogen-bond acceptors (Lipinski definition) is 5. The largest absolute Gasteiger partial charge is 0.450 e. The van der Waals surface area contributed by atoms with E-state index in [0.29, 0.717) is 37.4 Å². The van der Waals surface area contributed by atoms with Crippen molar-refractivity contribution in [2.24, 2.45) is 0 Å². The molecule has 2 amide bonds. The number of nitrogens with zero attached hydrogens (tertiary/aromatic N) is 5. The number of benzene rings is 1. The number of hydrogen-bond donors (Lipinski definition) is 0. The third-order valence-electron chi connectivity index (χ3n) is 5.71. The van der Waals surface area contributed by atoms with Crippen LogP contribution >= 0.6 is 0 Å². The van der Waals surface area contributed by atoms with Crippen LogP contribution in [-0.4, -0.2) is 71.9 Å². The van der Waals surface area contributed by atoms with Crippen LogP contribution in [0.2, 0.25) is 19.6 Å². The van der Waals surface area contributed by atoms with E-state index in [1.807, 2.05) is 17.0 Å². The molecule has 0 N–H and O–H groups in total. The highest BCUT2D eigenvalue weighted by atomic mass is 28.3. The minimum atomic E-state index is -1.63. The lowest BCUT2D eigenvalue weighted by molar-refractivity contribution is -0.131. The second-order valence-electron chi connectivity index (χ2n) is 10.0. The Bertz CT molecular complexity index is 1340. The molecule has 8 nitrogen and oxygen atoms in total. The number of carbonyl (C=O) groups excluding carboxylic acids is 2.